The maximum Gasteiger partial charge on any atom is 0.267 e. The van der Waals surface area contributed by atoms with Crippen LogP contribution in [0.5, 0.6) is 5.75 Å². The molecule has 1 unspecified atom stereocenters. The average Bonchev–Trinajstić information content (AvgIpc) is 3.24. The highest BCUT2D eigenvalue weighted by Gasteiger charge is 2.41. The first-order chi connectivity index (χ1) is 20.2. The number of unbranched alkanes of at least 4 members (excludes halogenated alkanes) is 4. The molecule has 0 aliphatic carbocycles. The van der Waals surface area contributed by atoms with Crippen molar-refractivity contribution in [1.82, 2.24) is 5.43 Å². The molecule has 2 amide bonds. The Morgan fingerprint density at radius 3 is 2.43 bits per heavy atom. The first-order valence-corrected chi connectivity index (χ1v) is 15.8. The third-order valence-electron chi connectivity index (χ3n) is 6.42. The van der Waals surface area contributed by atoms with Crippen LogP contribution in [0, 0.1) is 0 Å². The van der Waals surface area contributed by atoms with Crippen LogP contribution in [-0.4, -0.2) is 30.0 Å². The molecule has 0 spiro atoms. The normalized spacial score (nSPS) is 15.7. The smallest absolute Gasteiger partial charge is 0.267 e. The molecule has 1 aliphatic rings. The van der Waals surface area contributed by atoms with Gasteiger partial charge >= 0.3 is 0 Å². The minimum Gasteiger partial charge on any atom is -0.496 e. The molecule has 0 bridgehead atoms. The van der Waals surface area contributed by atoms with Gasteiger partial charge in [-0.1, -0.05) is 91.1 Å². The summed E-state index contributed by atoms with van der Waals surface area (Å²) in [7, 11) is 1.56. The molecule has 12 heteroatoms. The molecule has 3 aromatic carbocycles. The van der Waals surface area contributed by atoms with E-state index in [0.29, 0.717) is 39.4 Å². The Kier molecular flexibility index (Phi) is 11.7. The van der Waals surface area contributed by atoms with Crippen molar-refractivity contribution in [1.29, 1.82) is 0 Å². The fraction of sp³-hybridized carbons (Fsp3) is 0.300. The number of benzene rings is 3. The number of halogens is 4. The quantitative estimate of drug-likeness (QED) is 0.188. The van der Waals surface area contributed by atoms with Gasteiger partial charge in [0.15, 0.2) is 0 Å². The zero-order valence-electron chi connectivity index (χ0n) is 23.1. The highest BCUT2D eigenvalue weighted by Crippen LogP contribution is 2.41. The van der Waals surface area contributed by atoms with E-state index >= 15 is 0 Å². The Balaban J connectivity index is 1.65. The van der Waals surface area contributed by atoms with Gasteiger partial charge in [0.2, 0.25) is 5.91 Å². The lowest BCUT2D eigenvalue weighted by atomic mass is 10.1. The van der Waals surface area contributed by atoms with E-state index in [2.05, 4.69) is 17.7 Å². The van der Waals surface area contributed by atoms with Crippen LogP contribution in [0.1, 0.15) is 45.4 Å². The molecule has 4 rings (SSSR count). The number of rotatable bonds is 12. The van der Waals surface area contributed by atoms with Gasteiger partial charge in [0, 0.05) is 17.1 Å². The number of methoxy groups -OCH3 is 1. The highest BCUT2D eigenvalue weighted by molar-refractivity contribution is 8.01. The number of hydrogen-bond donors (Lipinski definition) is 2. The van der Waals surface area contributed by atoms with Crippen molar-refractivity contribution in [3.05, 3.63) is 74.7 Å². The van der Waals surface area contributed by atoms with Crippen molar-refractivity contribution in [3.8, 4) is 5.75 Å². The van der Waals surface area contributed by atoms with E-state index in [1.807, 2.05) is 24.3 Å². The third kappa shape index (κ3) is 8.05. The zero-order chi connectivity index (χ0) is 30.2. The summed E-state index contributed by atoms with van der Waals surface area (Å²) in [5.41, 5.74) is 4.23. The number of carbonyl (C=O) groups excluding carboxylic acids is 2. The summed E-state index contributed by atoms with van der Waals surface area (Å²) >= 11 is 26.8. The Hall–Kier alpha value is -2.62. The summed E-state index contributed by atoms with van der Waals surface area (Å²) in [4.78, 5) is 31.9. The SMILES string of the molecule is CCCCCCCC(=O)Nc1ccc(Cl)c(N=C2NN(c3c(Cl)cc(Cl)cc3Cl)C(=O)C2Sc2ccccc2OC)c1. The van der Waals surface area contributed by atoms with Crippen LogP contribution in [0.2, 0.25) is 20.1 Å². The van der Waals surface area contributed by atoms with Gasteiger partial charge in [-0.05, 0) is 48.9 Å². The summed E-state index contributed by atoms with van der Waals surface area (Å²) < 4.78 is 5.50. The minimum absolute atomic E-state index is 0.0793. The number of amides is 2. The van der Waals surface area contributed by atoms with Crippen molar-refractivity contribution in [3.63, 3.8) is 0 Å². The van der Waals surface area contributed by atoms with Gasteiger partial charge in [-0.25, -0.2) is 10.0 Å². The largest absolute Gasteiger partial charge is 0.496 e. The van der Waals surface area contributed by atoms with E-state index < -0.39 is 5.25 Å². The molecule has 0 saturated carbocycles. The van der Waals surface area contributed by atoms with Gasteiger partial charge in [0.25, 0.3) is 5.91 Å². The number of aliphatic imine (C=N–C) groups is 1. The van der Waals surface area contributed by atoms with Crippen molar-refractivity contribution >= 4 is 92.9 Å². The van der Waals surface area contributed by atoms with Gasteiger partial charge in [-0.15, -0.1) is 11.8 Å². The van der Waals surface area contributed by atoms with E-state index in [9.17, 15) is 9.59 Å². The van der Waals surface area contributed by atoms with Crippen molar-refractivity contribution in [2.45, 2.75) is 55.6 Å². The first-order valence-electron chi connectivity index (χ1n) is 13.4. The molecule has 222 valence electrons. The van der Waals surface area contributed by atoms with Crippen molar-refractivity contribution in [2.75, 3.05) is 17.4 Å². The van der Waals surface area contributed by atoms with Gasteiger partial charge < -0.3 is 10.1 Å². The Morgan fingerprint density at radius 2 is 1.71 bits per heavy atom. The summed E-state index contributed by atoms with van der Waals surface area (Å²) in [5, 5.41) is 4.40. The van der Waals surface area contributed by atoms with Gasteiger partial charge in [0.1, 0.15) is 22.5 Å². The summed E-state index contributed by atoms with van der Waals surface area (Å²) in [5.74, 6) is 0.455. The second kappa shape index (κ2) is 15.2. The molecule has 1 aliphatic heterocycles. The number of hydrogen-bond acceptors (Lipinski definition) is 5. The molecule has 1 fully saturated rings. The molecule has 7 nitrogen and oxygen atoms in total. The first kappa shape index (κ1) is 32.3. The number of nitrogens with zero attached hydrogens (tertiary/aromatic N) is 2. The zero-order valence-corrected chi connectivity index (χ0v) is 26.9. The van der Waals surface area contributed by atoms with Crippen LogP contribution in [0.3, 0.4) is 0 Å². The number of ether oxygens (including phenoxy) is 1. The highest BCUT2D eigenvalue weighted by atomic mass is 35.5. The molecule has 1 atom stereocenters. The Bertz CT molecular complexity index is 1460. The minimum atomic E-state index is -0.832. The number of hydrazine groups is 1. The fourth-order valence-electron chi connectivity index (χ4n) is 4.33. The van der Waals surface area contributed by atoms with Crippen LogP contribution in [0.4, 0.5) is 17.1 Å². The van der Waals surface area contributed by atoms with E-state index in [1.54, 1.807) is 25.3 Å². The molecule has 0 radical (unpaired) electrons. The van der Waals surface area contributed by atoms with Crippen LogP contribution in [0.15, 0.2) is 64.5 Å². The topological polar surface area (TPSA) is 83.0 Å². The second-order valence-electron chi connectivity index (χ2n) is 9.53. The molecule has 0 aromatic heterocycles. The molecular formula is C30H30Cl4N4O3S. The number of nitrogens with one attached hydrogen (secondary N) is 2. The van der Waals surface area contributed by atoms with Gasteiger partial charge in [0.05, 0.1) is 32.8 Å². The van der Waals surface area contributed by atoms with Crippen molar-refractivity contribution in [2.24, 2.45) is 4.99 Å². The van der Waals surface area contributed by atoms with Gasteiger partial charge in [-0.3, -0.25) is 15.0 Å². The number of thioether (sulfide) groups is 1. The Labute approximate surface area is 269 Å². The molecule has 3 aromatic rings. The predicted molar refractivity (Wildman–Crippen MR) is 175 cm³/mol. The average molecular weight is 668 g/mol. The predicted octanol–water partition coefficient (Wildman–Crippen LogP) is 9.35. The van der Waals surface area contributed by atoms with Crippen molar-refractivity contribution < 1.29 is 14.3 Å². The molecule has 1 heterocycles. The summed E-state index contributed by atoms with van der Waals surface area (Å²) in [6.45, 7) is 2.16. The lowest BCUT2D eigenvalue weighted by molar-refractivity contribution is -0.117. The standard InChI is InChI=1S/C30H30Cl4N4O3S/c1-3-4-5-6-7-12-26(39)35-19-13-14-20(32)23(17-19)36-29-28(42-25-11-9-8-10-24(25)41-2)30(40)38(37-29)27-21(33)15-18(31)16-22(27)34/h8-11,13-17,28H,3-7,12H2,1-2H3,(H,35,39)(H,36,37). The number of amidine groups is 1. The van der Waals surface area contributed by atoms with E-state index in [0.717, 1.165) is 30.6 Å². The summed E-state index contributed by atoms with van der Waals surface area (Å²) in [6.07, 6.45) is 5.72. The maximum atomic E-state index is 13.8. The third-order valence-corrected chi connectivity index (χ3v) is 8.78. The number of carbonyl (C=O) groups is 2. The van der Waals surface area contributed by atoms with Crippen LogP contribution < -0.4 is 20.5 Å². The van der Waals surface area contributed by atoms with E-state index in [1.165, 1.54) is 35.3 Å². The summed E-state index contributed by atoms with van der Waals surface area (Å²) in [6, 6.07) is 15.4. The van der Waals surface area contributed by atoms with Gasteiger partial charge in [-0.2, -0.15) is 0 Å². The lowest BCUT2D eigenvalue weighted by Crippen LogP contribution is -2.36. The molecule has 1 saturated heterocycles. The monoisotopic (exact) mass is 666 g/mol. The second-order valence-corrected chi connectivity index (χ2v) is 12.3. The molecule has 2 N–H and O–H groups in total. The molecule has 42 heavy (non-hydrogen) atoms. The van der Waals surface area contributed by atoms with E-state index in [4.69, 9.17) is 56.1 Å². The lowest BCUT2D eigenvalue weighted by Gasteiger charge is -2.19. The van der Waals surface area contributed by atoms with Crippen LogP contribution in [0.25, 0.3) is 0 Å². The number of para-hydroxylation sites is 1. The fourth-order valence-corrected chi connectivity index (χ4v) is 6.58. The van der Waals surface area contributed by atoms with Crippen LogP contribution >= 0.6 is 58.2 Å². The molecular weight excluding hydrogens is 638 g/mol. The van der Waals surface area contributed by atoms with E-state index in [-0.39, 0.29) is 27.5 Å². The van der Waals surface area contributed by atoms with Crippen LogP contribution in [-0.2, 0) is 9.59 Å². The number of anilines is 2. The maximum absolute atomic E-state index is 13.8. The Morgan fingerprint density at radius 1 is 1.00 bits per heavy atom.